The van der Waals surface area contributed by atoms with Gasteiger partial charge < -0.3 is 15.0 Å². The van der Waals surface area contributed by atoms with Crippen LogP contribution in [0.25, 0.3) is 20.4 Å². The number of aryl methyl sites for hydroxylation is 3. The number of benzene rings is 1. The van der Waals surface area contributed by atoms with Gasteiger partial charge in [0.15, 0.2) is 5.13 Å². The van der Waals surface area contributed by atoms with Gasteiger partial charge in [-0.1, -0.05) is 11.3 Å². The lowest BCUT2D eigenvalue weighted by atomic mass is 9.97. The van der Waals surface area contributed by atoms with E-state index in [0.29, 0.717) is 6.54 Å². The topological polar surface area (TPSA) is 89.3 Å². The van der Waals surface area contributed by atoms with E-state index >= 15 is 0 Å². The predicted octanol–water partition coefficient (Wildman–Crippen LogP) is 3.81. The number of amides is 1. The molecule has 1 fully saturated rings. The van der Waals surface area contributed by atoms with Crippen LogP contribution in [0.2, 0.25) is 0 Å². The molecule has 0 unspecified atom stereocenters. The van der Waals surface area contributed by atoms with Gasteiger partial charge in [0.2, 0.25) is 5.91 Å². The predicted molar refractivity (Wildman–Crippen MR) is 136 cm³/mol. The maximum absolute atomic E-state index is 13.1. The van der Waals surface area contributed by atoms with Crippen LogP contribution >= 0.6 is 22.7 Å². The number of rotatable bonds is 5. The first-order chi connectivity index (χ1) is 16.7. The molecular formula is C24H25N5O3S2. The van der Waals surface area contributed by atoms with Gasteiger partial charge in [0.05, 0.1) is 35.1 Å². The Morgan fingerprint density at radius 3 is 2.88 bits per heavy atom. The van der Waals surface area contributed by atoms with Crippen LogP contribution < -0.4 is 15.8 Å². The van der Waals surface area contributed by atoms with Crippen molar-refractivity contribution < 1.29 is 9.53 Å². The number of nitrogens with one attached hydrogen (secondary N) is 1. The molecule has 1 aliphatic heterocycles. The molecule has 176 valence electrons. The molecule has 0 atom stereocenters. The zero-order valence-electron chi connectivity index (χ0n) is 18.7. The third-order valence-electron chi connectivity index (χ3n) is 6.46. The number of morpholine rings is 1. The van der Waals surface area contributed by atoms with E-state index in [9.17, 15) is 9.59 Å². The second-order valence-corrected chi connectivity index (χ2v) is 10.8. The molecule has 0 bridgehead atoms. The first-order valence-electron chi connectivity index (χ1n) is 11.7. The first-order valence-corrected chi connectivity index (χ1v) is 13.3. The van der Waals surface area contributed by atoms with E-state index < -0.39 is 0 Å². The average Bonchev–Trinajstić information content (AvgIpc) is 3.45. The smallest absolute Gasteiger partial charge is 0.262 e. The van der Waals surface area contributed by atoms with E-state index in [1.165, 1.54) is 16.9 Å². The zero-order valence-corrected chi connectivity index (χ0v) is 20.3. The Balaban J connectivity index is 1.14. The Morgan fingerprint density at radius 2 is 2.00 bits per heavy atom. The summed E-state index contributed by atoms with van der Waals surface area (Å²) in [6.07, 6.45) is 6.07. The molecule has 0 saturated carbocycles. The molecule has 4 heterocycles. The number of carbonyl (C=O) groups excluding carboxylic acids is 1. The van der Waals surface area contributed by atoms with Crippen LogP contribution in [0.3, 0.4) is 0 Å². The normalized spacial score (nSPS) is 16.2. The lowest BCUT2D eigenvalue weighted by Gasteiger charge is -2.25. The molecule has 4 aromatic rings. The number of hydrogen-bond acceptors (Lipinski definition) is 8. The van der Waals surface area contributed by atoms with Gasteiger partial charge >= 0.3 is 0 Å². The molecule has 1 N–H and O–H groups in total. The molecule has 1 saturated heterocycles. The SMILES string of the molecule is O=C(CCn1cnc2sc3c(c2c1=O)CCCC3)Nc1ccc2nc(N3CCOCC3)sc2c1. The van der Waals surface area contributed by atoms with Crippen LogP contribution in [0.1, 0.15) is 29.7 Å². The highest BCUT2D eigenvalue weighted by Crippen LogP contribution is 2.33. The number of hydrogen-bond donors (Lipinski definition) is 1. The minimum Gasteiger partial charge on any atom is -0.378 e. The van der Waals surface area contributed by atoms with Crippen LogP contribution in [0.4, 0.5) is 10.8 Å². The van der Waals surface area contributed by atoms with Crippen molar-refractivity contribution in [1.29, 1.82) is 0 Å². The van der Waals surface area contributed by atoms with Crippen molar-refractivity contribution in [3.05, 3.63) is 45.3 Å². The number of nitrogens with zero attached hydrogens (tertiary/aromatic N) is 4. The monoisotopic (exact) mass is 495 g/mol. The number of carbonyl (C=O) groups is 1. The van der Waals surface area contributed by atoms with Crippen LogP contribution in [-0.4, -0.2) is 46.7 Å². The maximum Gasteiger partial charge on any atom is 0.262 e. The van der Waals surface area contributed by atoms with Crippen molar-refractivity contribution >= 4 is 59.8 Å². The Morgan fingerprint density at radius 1 is 1.15 bits per heavy atom. The fraction of sp³-hybridized carbons (Fsp3) is 0.417. The van der Waals surface area contributed by atoms with E-state index in [2.05, 4.69) is 15.2 Å². The minimum absolute atomic E-state index is 0.0288. The molecule has 2 aliphatic rings. The van der Waals surface area contributed by atoms with Crippen molar-refractivity contribution in [2.75, 3.05) is 36.5 Å². The van der Waals surface area contributed by atoms with Crippen LogP contribution in [-0.2, 0) is 28.9 Å². The van der Waals surface area contributed by atoms with Gasteiger partial charge in [0.1, 0.15) is 4.83 Å². The van der Waals surface area contributed by atoms with E-state index in [1.54, 1.807) is 33.6 Å². The number of anilines is 2. The summed E-state index contributed by atoms with van der Waals surface area (Å²) in [4.78, 5) is 39.4. The van der Waals surface area contributed by atoms with Crippen molar-refractivity contribution in [3.63, 3.8) is 0 Å². The molecule has 3 aromatic heterocycles. The van der Waals surface area contributed by atoms with Crippen LogP contribution in [0.15, 0.2) is 29.3 Å². The third kappa shape index (κ3) is 4.10. The Hall–Kier alpha value is -2.82. The van der Waals surface area contributed by atoms with Crippen LogP contribution in [0, 0.1) is 0 Å². The molecule has 0 radical (unpaired) electrons. The average molecular weight is 496 g/mol. The summed E-state index contributed by atoms with van der Waals surface area (Å²) in [5.74, 6) is -0.128. The fourth-order valence-corrected chi connectivity index (χ4v) is 6.94. The van der Waals surface area contributed by atoms with Gasteiger partial charge in [0.25, 0.3) is 5.56 Å². The lowest BCUT2D eigenvalue weighted by molar-refractivity contribution is -0.116. The van der Waals surface area contributed by atoms with Crippen molar-refractivity contribution in [2.24, 2.45) is 0 Å². The highest BCUT2D eigenvalue weighted by molar-refractivity contribution is 7.22. The number of ether oxygens (including phenoxy) is 1. The summed E-state index contributed by atoms with van der Waals surface area (Å²) in [6, 6.07) is 5.78. The minimum atomic E-state index is -0.128. The number of aromatic nitrogens is 3. The largest absolute Gasteiger partial charge is 0.378 e. The molecule has 1 aromatic carbocycles. The summed E-state index contributed by atoms with van der Waals surface area (Å²) < 4.78 is 8.03. The summed E-state index contributed by atoms with van der Waals surface area (Å²) in [5.41, 5.74) is 2.81. The first kappa shape index (κ1) is 21.7. The molecule has 8 nitrogen and oxygen atoms in total. The van der Waals surface area contributed by atoms with Gasteiger partial charge in [-0.2, -0.15) is 0 Å². The number of thiazole rings is 1. The van der Waals surface area contributed by atoms with E-state index in [4.69, 9.17) is 9.72 Å². The standard InChI is InChI=1S/C24H25N5O3S2/c30-20(7-8-29-14-25-22-21(23(29)31)16-3-1-2-4-18(16)33-22)26-15-5-6-17-19(13-15)34-24(27-17)28-9-11-32-12-10-28/h5-6,13-14H,1-4,7-12H2,(H,26,30). The molecule has 1 amide bonds. The Bertz CT molecular complexity index is 1430. The molecule has 1 aliphatic carbocycles. The highest BCUT2D eigenvalue weighted by atomic mass is 32.1. The molecule has 10 heteroatoms. The van der Waals surface area contributed by atoms with E-state index in [1.807, 2.05) is 18.2 Å². The van der Waals surface area contributed by atoms with Gasteiger partial charge in [0, 0.05) is 36.6 Å². The molecule has 0 spiro atoms. The van der Waals surface area contributed by atoms with Crippen molar-refractivity contribution in [3.8, 4) is 0 Å². The fourth-order valence-electron chi connectivity index (χ4n) is 4.67. The van der Waals surface area contributed by atoms with Crippen LogP contribution in [0.5, 0.6) is 0 Å². The highest BCUT2D eigenvalue weighted by Gasteiger charge is 2.20. The Labute approximate surface area is 204 Å². The second-order valence-electron chi connectivity index (χ2n) is 8.71. The van der Waals surface area contributed by atoms with Gasteiger partial charge in [-0.3, -0.25) is 14.2 Å². The summed E-state index contributed by atoms with van der Waals surface area (Å²) in [5, 5.41) is 4.71. The van der Waals surface area contributed by atoms with Crippen molar-refractivity contribution in [1.82, 2.24) is 14.5 Å². The summed E-state index contributed by atoms with van der Waals surface area (Å²) in [7, 11) is 0. The zero-order chi connectivity index (χ0) is 23.1. The van der Waals surface area contributed by atoms with Gasteiger partial charge in [-0.25, -0.2) is 9.97 Å². The summed E-state index contributed by atoms with van der Waals surface area (Å²) >= 11 is 3.27. The summed E-state index contributed by atoms with van der Waals surface area (Å²) in [6.45, 7) is 3.44. The number of fused-ring (bicyclic) bond motifs is 4. The number of thiophene rings is 1. The second kappa shape index (κ2) is 9.09. The van der Waals surface area contributed by atoms with Gasteiger partial charge in [-0.05, 0) is 49.4 Å². The van der Waals surface area contributed by atoms with Crippen molar-refractivity contribution in [2.45, 2.75) is 38.6 Å². The molecular weight excluding hydrogens is 470 g/mol. The Kier molecular flexibility index (Phi) is 5.80. The molecule has 34 heavy (non-hydrogen) atoms. The van der Waals surface area contributed by atoms with E-state index in [0.717, 1.165) is 76.8 Å². The third-order valence-corrected chi connectivity index (χ3v) is 8.74. The lowest BCUT2D eigenvalue weighted by Crippen LogP contribution is -2.36. The maximum atomic E-state index is 13.1. The van der Waals surface area contributed by atoms with Gasteiger partial charge in [-0.15, -0.1) is 11.3 Å². The molecule has 6 rings (SSSR count). The van der Waals surface area contributed by atoms with E-state index in [-0.39, 0.29) is 17.9 Å². The quantitative estimate of drug-likeness (QED) is 0.453.